The minimum atomic E-state index is -0.733. The van der Waals surface area contributed by atoms with Crippen LogP contribution in [0.2, 0.25) is 0 Å². The summed E-state index contributed by atoms with van der Waals surface area (Å²) in [4.78, 5) is 19.1. The van der Waals surface area contributed by atoms with Crippen molar-refractivity contribution in [3.05, 3.63) is 58.1 Å². The quantitative estimate of drug-likeness (QED) is 0.543. The lowest BCUT2D eigenvalue weighted by molar-refractivity contribution is 0.371. The van der Waals surface area contributed by atoms with Crippen molar-refractivity contribution in [2.75, 3.05) is 0 Å². The van der Waals surface area contributed by atoms with Gasteiger partial charge in [-0.1, -0.05) is 37.3 Å². The van der Waals surface area contributed by atoms with Crippen molar-refractivity contribution in [2.24, 2.45) is 0 Å². The van der Waals surface area contributed by atoms with E-state index in [9.17, 15) is 20.1 Å². The van der Waals surface area contributed by atoms with E-state index >= 15 is 0 Å². The van der Waals surface area contributed by atoms with Crippen molar-refractivity contribution in [3.8, 4) is 17.2 Å². The fourth-order valence-corrected chi connectivity index (χ4v) is 2.38. The lowest BCUT2D eigenvalue weighted by Crippen LogP contribution is -2.14. The Hall–Kier alpha value is -3.02. The van der Waals surface area contributed by atoms with Crippen LogP contribution < -0.4 is 5.56 Å². The van der Waals surface area contributed by atoms with Gasteiger partial charge in [-0.2, -0.15) is 0 Å². The van der Waals surface area contributed by atoms with Crippen molar-refractivity contribution in [1.29, 1.82) is 0 Å². The number of nitrogens with zero attached hydrogens (tertiary/aromatic N) is 1. The van der Waals surface area contributed by atoms with Crippen LogP contribution in [0.1, 0.15) is 24.2 Å². The molecule has 1 aromatic heterocycles. The zero-order valence-corrected chi connectivity index (χ0v) is 11.7. The molecule has 0 saturated carbocycles. The molecule has 3 rings (SSSR count). The van der Waals surface area contributed by atoms with Crippen LogP contribution in [-0.4, -0.2) is 25.3 Å². The van der Waals surface area contributed by atoms with Crippen molar-refractivity contribution in [3.63, 3.8) is 0 Å². The predicted octanol–water partition coefficient (Wildman–Crippen LogP) is 2.19. The van der Waals surface area contributed by atoms with Crippen molar-refractivity contribution in [1.82, 2.24) is 9.97 Å². The summed E-state index contributed by atoms with van der Waals surface area (Å²) in [5, 5.41) is 28.7. The molecular weight excluding hydrogens is 284 g/mol. The summed E-state index contributed by atoms with van der Waals surface area (Å²) < 4.78 is 0. The SMILES string of the molecule is CC(c1ccccc1)c1nc2cc(O)c(O)c(O)c2c(=O)[nH]1. The Morgan fingerprint density at radius 2 is 1.77 bits per heavy atom. The third kappa shape index (κ3) is 2.14. The van der Waals surface area contributed by atoms with Gasteiger partial charge in [0.25, 0.3) is 5.56 Å². The molecule has 3 aromatic rings. The van der Waals surface area contributed by atoms with Gasteiger partial charge in [0.05, 0.1) is 5.52 Å². The van der Waals surface area contributed by atoms with Gasteiger partial charge in [-0.15, -0.1) is 0 Å². The molecule has 6 nitrogen and oxygen atoms in total. The molecule has 0 aliphatic rings. The van der Waals surface area contributed by atoms with Crippen LogP contribution in [0.25, 0.3) is 10.9 Å². The molecule has 22 heavy (non-hydrogen) atoms. The molecule has 1 unspecified atom stereocenters. The van der Waals surface area contributed by atoms with E-state index < -0.39 is 22.8 Å². The summed E-state index contributed by atoms with van der Waals surface area (Å²) >= 11 is 0. The molecule has 0 amide bonds. The minimum absolute atomic E-state index is 0.120. The molecule has 1 heterocycles. The highest BCUT2D eigenvalue weighted by molar-refractivity contribution is 5.88. The number of hydrogen-bond donors (Lipinski definition) is 4. The number of aromatic amines is 1. The van der Waals surface area contributed by atoms with Crippen molar-refractivity contribution >= 4 is 10.9 Å². The number of H-pyrrole nitrogens is 1. The number of benzene rings is 2. The molecule has 0 saturated heterocycles. The number of fused-ring (bicyclic) bond motifs is 1. The van der Waals surface area contributed by atoms with Crippen LogP contribution in [0.3, 0.4) is 0 Å². The van der Waals surface area contributed by atoms with Crippen LogP contribution in [0, 0.1) is 0 Å². The number of nitrogens with one attached hydrogen (secondary N) is 1. The Morgan fingerprint density at radius 3 is 2.45 bits per heavy atom. The van der Waals surface area contributed by atoms with E-state index in [0.29, 0.717) is 5.82 Å². The van der Waals surface area contributed by atoms with Gasteiger partial charge in [0.1, 0.15) is 11.2 Å². The first-order valence-corrected chi connectivity index (χ1v) is 6.71. The first-order chi connectivity index (χ1) is 10.5. The molecule has 2 aromatic carbocycles. The largest absolute Gasteiger partial charge is 0.504 e. The predicted molar refractivity (Wildman–Crippen MR) is 81.3 cm³/mol. The second-order valence-electron chi connectivity index (χ2n) is 5.07. The summed E-state index contributed by atoms with van der Waals surface area (Å²) in [6.45, 7) is 1.89. The number of phenolic OH excluding ortho intramolecular Hbond substituents is 3. The second-order valence-corrected chi connectivity index (χ2v) is 5.07. The third-order valence-electron chi connectivity index (χ3n) is 3.65. The first kappa shape index (κ1) is 13.9. The van der Waals surface area contributed by atoms with Crippen LogP contribution in [0.15, 0.2) is 41.2 Å². The Labute approximate surface area is 125 Å². The van der Waals surface area contributed by atoms with E-state index in [2.05, 4.69) is 9.97 Å². The van der Waals surface area contributed by atoms with Gasteiger partial charge in [-0.05, 0) is 5.56 Å². The van der Waals surface area contributed by atoms with Crippen molar-refractivity contribution in [2.45, 2.75) is 12.8 Å². The van der Waals surface area contributed by atoms with Gasteiger partial charge in [0.2, 0.25) is 5.75 Å². The third-order valence-corrected chi connectivity index (χ3v) is 3.65. The zero-order chi connectivity index (χ0) is 15.9. The monoisotopic (exact) mass is 298 g/mol. The van der Waals surface area contributed by atoms with E-state index in [4.69, 9.17) is 0 Å². The molecule has 0 aliphatic heterocycles. The fourth-order valence-electron chi connectivity index (χ4n) is 2.38. The summed E-state index contributed by atoms with van der Waals surface area (Å²) in [6.07, 6.45) is 0. The summed E-state index contributed by atoms with van der Waals surface area (Å²) in [5.41, 5.74) is 0.516. The van der Waals surface area contributed by atoms with E-state index in [0.717, 1.165) is 11.6 Å². The highest BCUT2D eigenvalue weighted by Crippen LogP contribution is 2.39. The Bertz CT molecular complexity index is 903. The van der Waals surface area contributed by atoms with Gasteiger partial charge < -0.3 is 20.3 Å². The number of hydrogen-bond acceptors (Lipinski definition) is 5. The highest BCUT2D eigenvalue weighted by Gasteiger charge is 2.18. The average molecular weight is 298 g/mol. The summed E-state index contributed by atoms with van der Waals surface area (Å²) in [7, 11) is 0. The molecule has 0 fully saturated rings. The average Bonchev–Trinajstić information content (AvgIpc) is 2.52. The molecule has 112 valence electrons. The molecule has 0 aliphatic carbocycles. The second kappa shape index (κ2) is 5.07. The topological polar surface area (TPSA) is 106 Å². The highest BCUT2D eigenvalue weighted by atomic mass is 16.3. The van der Waals surface area contributed by atoms with Gasteiger partial charge in [0, 0.05) is 12.0 Å². The van der Waals surface area contributed by atoms with Crippen LogP contribution in [0.4, 0.5) is 0 Å². The fraction of sp³-hybridized carbons (Fsp3) is 0.125. The normalized spacial score (nSPS) is 12.4. The van der Waals surface area contributed by atoms with Crippen molar-refractivity contribution < 1.29 is 15.3 Å². The Morgan fingerprint density at radius 1 is 1.09 bits per heavy atom. The molecule has 1 atom stereocenters. The summed E-state index contributed by atoms with van der Waals surface area (Å²) in [6, 6.07) is 10.7. The molecule has 4 N–H and O–H groups in total. The van der Waals surface area contributed by atoms with Gasteiger partial charge >= 0.3 is 0 Å². The maximum Gasteiger partial charge on any atom is 0.262 e. The van der Waals surface area contributed by atoms with Crippen LogP contribution in [0.5, 0.6) is 17.2 Å². The number of rotatable bonds is 2. The maximum atomic E-state index is 12.2. The number of phenols is 3. The Kier molecular flexibility index (Phi) is 3.21. The standard InChI is InChI=1S/C16H14N2O4/c1-8(9-5-3-2-4-6-9)15-17-10-7-11(19)13(20)14(21)12(10)16(22)18-15/h2-8,19-21H,1H3,(H,17,18,22). The van der Waals surface area contributed by atoms with E-state index in [1.54, 1.807) is 0 Å². The number of aromatic nitrogens is 2. The van der Waals surface area contributed by atoms with Gasteiger partial charge in [-0.25, -0.2) is 4.98 Å². The molecule has 0 spiro atoms. The first-order valence-electron chi connectivity index (χ1n) is 6.71. The molecule has 0 bridgehead atoms. The smallest absolute Gasteiger partial charge is 0.262 e. The Balaban J connectivity index is 2.22. The molecule has 0 radical (unpaired) electrons. The number of aromatic hydroxyl groups is 3. The van der Waals surface area contributed by atoms with E-state index in [1.165, 1.54) is 0 Å². The molecule has 6 heteroatoms. The summed E-state index contributed by atoms with van der Waals surface area (Å²) in [5.74, 6) is -1.70. The maximum absolute atomic E-state index is 12.2. The minimum Gasteiger partial charge on any atom is -0.504 e. The van der Waals surface area contributed by atoms with Crippen LogP contribution >= 0.6 is 0 Å². The van der Waals surface area contributed by atoms with Gasteiger partial charge in [-0.3, -0.25) is 4.79 Å². The molecular formula is C16H14N2O4. The van der Waals surface area contributed by atoms with Crippen LogP contribution in [-0.2, 0) is 0 Å². The van der Waals surface area contributed by atoms with E-state index in [-0.39, 0.29) is 16.8 Å². The zero-order valence-electron chi connectivity index (χ0n) is 11.7. The lowest BCUT2D eigenvalue weighted by atomic mass is 10.0. The van der Waals surface area contributed by atoms with Gasteiger partial charge in [0.15, 0.2) is 11.5 Å². The van der Waals surface area contributed by atoms with E-state index in [1.807, 2.05) is 37.3 Å². The lowest BCUT2D eigenvalue weighted by Gasteiger charge is -2.12.